The lowest BCUT2D eigenvalue weighted by atomic mass is 10.1. The fourth-order valence-electron chi connectivity index (χ4n) is 3.24. The van der Waals surface area contributed by atoms with Gasteiger partial charge in [-0.05, 0) is 63.1 Å². The number of halogens is 1. The molecule has 7 heteroatoms. The van der Waals surface area contributed by atoms with Gasteiger partial charge in [0, 0.05) is 17.0 Å². The third-order valence-electron chi connectivity index (χ3n) is 4.94. The van der Waals surface area contributed by atoms with Crippen LogP contribution in [0.3, 0.4) is 0 Å². The predicted octanol–water partition coefficient (Wildman–Crippen LogP) is 6.50. The van der Waals surface area contributed by atoms with E-state index in [4.69, 9.17) is 16.3 Å². The van der Waals surface area contributed by atoms with Crippen LogP contribution >= 0.6 is 11.6 Å². The second kappa shape index (κ2) is 9.30. The van der Waals surface area contributed by atoms with E-state index in [9.17, 15) is 9.90 Å². The van der Waals surface area contributed by atoms with Gasteiger partial charge in [-0.1, -0.05) is 36.6 Å². The van der Waals surface area contributed by atoms with Crippen molar-refractivity contribution in [1.82, 2.24) is 4.57 Å². The van der Waals surface area contributed by atoms with Crippen LogP contribution in [-0.4, -0.2) is 21.7 Å². The number of aryl methyl sites for hydroxylation is 3. The van der Waals surface area contributed by atoms with Gasteiger partial charge in [0.1, 0.15) is 5.75 Å². The maximum atomic E-state index is 12.5. The van der Waals surface area contributed by atoms with Gasteiger partial charge in [-0.2, -0.15) is 0 Å². The SMILES string of the molecule is CCCCn1c(O)c(N=NC(=O)C(C)Oc2ccc(Cl)cc2C)c2cc(C)ccc21. The Hall–Kier alpha value is -2.86. The van der Waals surface area contributed by atoms with Gasteiger partial charge in [0.2, 0.25) is 5.88 Å². The van der Waals surface area contributed by atoms with Crippen LogP contribution < -0.4 is 4.74 Å². The van der Waals surface area contributed by atoms with Gasteiger partial charge in [0.25, 0.3) is 0 Å². The third kappa shape index (κ3) is 4.65. The standard InChI is InChI=1S/C23H26ClN3O3/c1-5-6-11-27-19-9-7-14(2)12-18(19)21(23(27)29)25-26-22(28)16(4)30-20-10-8-17(24)13-15(20)3/h7-10,12-13,16,29H,5-6,11H2,1-4H3. The Morgan fingerprint density at radius 1 is 1.23 bits per heavy atom. The van der Waals surface area contributed by atoms with Crippen LogP contribution in [0.1, 0.15) is 37.8 Å². The number of fused-ring (bicyclic) bond motifs is 1. The molecule has 2 aromatic carbocycles. The summed E-state index contributed by atoms with van der Waals surface area (Å²) in [6.45, 7) is 8.20. The van der Waals surface area contributed by atoms with E-state index in [0.29, 0.717) is 23.0 Å². The van der Waals surface area contributed by atoms with Crippen molar-refractivity contribution < 1.29 is 14.6 Å². The van der Waals surface area contributed by atoms with E-state index in [0.717, 1.165) is 34.9 Å². The highest BCUT2D eigenvalue weighted by atomic mass is 35.5. The van der Waals surface area contributed by atoms with Crippen molar-refractivity contribution >= 4 is 34.1 Å². The van der Waals surface area contributed by atoms with E-state index in [1.54, 1.807) is 25.1 Å². The van der Waals surface area contributed by atoms with Gasteiger partial charge in [0.15, 0.2) is 11.8 Å². The van der Waals surface area contributed by atoms with Crippen molar-refractivity contribution in [1.29, 1.82) is 0 Å². The minimum atomic E-state index is -0.828. The van der Waals surface area contributed by atoms with E-state index in [1.807, 2.05) is 36.6 Å². The van der Waals surface area contributed by atoms with Crippen molar-refractivity contribution in [2.75, 3.05) is 0 Å². The third-order valence-corrected chi connectivity index (χ3v) is 5.17. The fourth-order valence-corrected chi connectivity index (χ4v) is 3.47. The molecule has 3 aromatic rings. The smallest absolute Gasteiger partial charge is 0.304 e. The van der Waals surface area contributed by atoms with Gasteiger partial charge >= 0.3 is 5.91 Å². The Kier molecular flexibility index (Phi) is 6.77. The van der Waals surface area contributed by atoms with E-state index in [2.05, 4.69) is 17.2 Å². The van der Waals surface area contributed by atoms with Crippen molar-refractivity contribution in [3.05, 3.63) is 52.5 Å². The number of nitrogens with zero attached hydrogens (tertiary/aromatic N) is 3. The van der Waals surface area contributed by atoms with Gasteiger partial charge in [0.05, 0.1) is 5.52 Å². The zero-order chi connectivity index (χ0) is 21.8. The van der Waals surface area contributed by atoms with Crippen LogP contribution in [0.25, 0.3) is 10.9 Å². The molecule has 1 aromatic heterocycles. The number of benzene rings is 2. The number of carbonyl (C=O) groups is 1. The number of hydrogen-bond donors (Lipinski definition) is 1. The van der Waals surface area contributed by atoms with Gasteiger partial charge < -0.3 is 14.4 Å². The van der Waals surface area contributed by atoms with Crippen LogP contribution in [-0.2, 0) is 11.3 Å². The normalized spacial score (nSPS) is 12.6. The number of ether oxygens (including phenoxy) is 1. The average Bonchev–Trinajstić information content (AvgIpc) is 2.96. The van der Waals surface area contributed by atoms with Gasteiger partial charge in [-0.3, -0.25) is 4.79 Å². The molecule has 0 saturated heterocycles. The highest BCUT2D eigenvalue weighted by Crippen LogP contribution is 2.39. The van der Waals surface area contributed by atoms with E-state index >= 15 is 0 Å². The Bertz CT molecular complexity index is 1100. The molecule has 0 aliphatic carbocycles. The van der Waals surface area contributed by atoms with E-state index < -0.39 is 12.0 Å². The molecule has 158 valence electrons. The molecule has 0 aliphatic rings. The maximum Gasteiger partial charge on any atom is 0.304 e. The summed E-state index contributed by atoms with van der Waals surface area (Å²) in [6.07, 6.45) is 1.09. The minimum absolute atomic E-state index is 0.0164. The summed E-state index contributed by atoms with van der Waals surface area (Å²) in [5, 5.41) is 20.0. The second-order valence-corrected chi connectivity index (χ2v) is 7.84. The Balaban J connectivity index is 1.86. The first-order valence-electron chi connectivity index (χ1n) is 10.0. The summed E-state index contributed by atoms with van der Waals surface area (Å²) < 4.78 is 7.53. The first-order chi connectivity index (χ1) is 14.3. The summed E-state index contributed by atoms with van der Waals surface area (Å²) >= 11 is 5.96. The van der Waals surface area contributed by atoms with Crippen LogP contribution in [0.4, 0.5) is 5.69 Å². The first-order valence-corrected chi connectivity index (χ1v) is 10.4. The fraction of sp³-hybridized carbons (Fsp3) is 0.348. The molecule has 1 N–H and O–H groups in total. The Labute approximate surface area is 181 Å². The summed E-state index contributed by atoms with van der Waals surface area (Å²) in [7, 11) is 0. The number of unbranched alkanes of at least 4 members (excludes halogenated alkanes) is 1. The summed E-state index contributed by atoms with van der Waals surface area (Å²) in [5.41, 5.74) is 3.03. The first kappa shape index (κ1) is 21.8. The number of aromatic nitrogens is 1. The zero-order valence-corrected chi connectivity index (χ0v) is 18.4. The van der Waals surface area contributed by atoms with Crippen molar-refractivity contribution in [3.63, 3.8) is 0 Å². The summed E-state index contributed by atoms with van der Waals surface area (Å²) in [4.78, 5) is 12.5. The van der Waals surface area contributed by atoms with Crippen molar-refractivity contribution in [3.8, 4) is 11.6 Å². The molecule has 30 heavy (non-hydrogen) atoms. The summed E-state index contributed by atoms with van der Waals surface area (Å²) in [5.74, 6) is 0.0404. The average molecular weight is 428 g/mol. The second-order valence-electron chi connectivity index (χ2n) is 7.41. The number of amides is 1. The number of carbonyl (C=O) groups excluding carboxylic acids is 1. The monoisotopic (exact) mass is 427 g/mol. The highest BCUT2D eigenvalue weighted by molar-refractivity contribution is 6.30. The molecule has 1 atom stereocenters. The van der Waals surface area contributed by atoms with Crippen molar-refractivity contribution in [2.24, 2.45) is 10.2 Å². The predicted molar refractivity (Wildman–Crippen MR) is 119 cm³/mol. The molecule has 1 amide bonds. The van der Waals surface area contributed by atoms with Crippen molar-refractivity contribution in [2.45, 2.75) is 53.2 Å². The minimum Gasteiger partial charge on any atom is -0.493 e. The maximum absolute atomic E-state index is 12.5. The number of aromatic hydroxyl groups is 1. The molecule has 0 saturated carbocycles. The molecule has 0 fully saturated rings. The molecule has 0 radical (unpaired) electrons. The van der Waals surface area contributed by atoms with E-state index in [-0.39, 0.29) is 5.88 Å². The molecule has 0 bridgehead atoms. The molecular weight excluding hydrogens is 402 g/mol. The molecule has 0 aliphatic heterocycles. The Morgan fingerprint density at radius 3 is 2.70 bits per heavy atom. The topological polar surface area (TPSA) is 76.2 Å². The zero-order valence-electron chi connectivity index (χ0n) is 17.6. The molecule has 6 nitrogen and oxygen atoms in total. The molecule has 0 spiro atoms. The van der Waals surface area contributed by atoms with Crippen LogP contribution in [0.5, 0.6) is 11.6 Å². The van der Waals surface area contributed by atoms with Gasteiger partial charge in [-0.25, -0.2) is 0 Å². The number of azo groups is 1. The van der Waals surface area contributed by atoms with Crippen LogP contribution in [0.15, 0.2) is 46.6 Å². The lowest BCUT2D eigenvalue weighted by Crippen LogP contribution is -2.21. The number of rotatable bonds is 7. The molecule has 1 heterocycles. The molecule has 1 unspecified atom stereocenters. The lowest BCUT2D eigenvalue weighted by Gasteiger charge is -2.13. The largest absolute Gasteiger partial charge is 0.493 e. The molecular formula is C23H26ClN3O3. The Morgan fingerprint density at radius 2 is 2.00 bits per heavy atom. The number of hydrogen-bond acceptors (Lipinski definition) is 4. The summed E-state index contributed by atoms with van der Waals surface area (Å²) in [6, 6.07) is 11.1. The van der Waals surface area contributed by atoms with Gasteiger partial charge in [-0.15, -0.1) is 10.2 Å². The van der Waals surface area contributed by atoms with E-state index in [1.165, 1.54) is 0 Å². The molecule has 3 rings (SSSR count). The van der Waals surface area contributed by atoms with Crippen LogP contribution in [0.2, 0.25) is 5.02 Å². The lowest BCUT2D eigenvalue weighted by molar-refractivity contribution is -0.124. The highest BCUT2D eigenvalue weighted by Gasteiger charge is 2.19. The van der Waals surface area contributed by atoms with Crippen LogP contribution in [0, 0.1) is 13.8 Å². The quantitative estimate of drug-likeness (QED) is 0.437.